The van der Waals surface area contributed by atoms with Crippen LogP contribution < -0.4 is 5.32 Å². The average molecular weight is 321 g/mol. The first kappa shape index (κ1) is 15.9. The van der Waals surface area contributed by atoms with E-state index in [-0.39, 0.29) is 5.91 Å². The fraction of sp³-hybridized carbons (Fsp3) is 0.222. The number of hydrogen-bond donors (Lipinski definition) is 1. The zero-order valence-corrected chi connectivity index (χ0v) is 13.9. The Morgan fingerprint density at radius 2 is 1.88 bits per heavy atom. The highest BCUT2D eigenvalue weighted by Crippen LogP contribution is 2.19. The van der Waals surface area contributed by atoms with E-state index in [4.69, 9.17) is 0 Å². The molecule has 0 bridgehead atoms. The number of aromatic nitrogens is 4. The van der Waals surface area contributed by atoms with Crippen molar-refractivity contribution in [3.63, 3.8) is 0 Å². The fourth-order valence-electron chi connectivity index (χ4n) is 2.43. The number of carbonyl (C=O) groups is 1. The Kier molecular flexibility index (Phi) is 4.37. The van der Waals surface area contributed by atoms with Crippen LogP contribution in [0.2, 0.25) is 0 Å². The number of benzene rings is 2. The van der Waals surface area contributed by atoms with Gasteiger partial charge in [-0.3, -0.25) is 4.79 Å². The van der Waals surface area contributed by atoms with Crippen LogP contribution >= 0.6 is 0 Å². The highest BCUT2D eigenvalue weighted by molar-refractivity contribution is 6.04. The number of anilines is 1. The third-order valence-corrected chi connectivity index (χ3v) is 3.84. The van der Waals surface area contributed by atoms with E-state index in [1.807, 2.05) is 36.4 Å². The van der Waals surface area contributed by atoms with Crippen LogP contribution in [-0.2, 0) is 7.05 Å². The number of tetrazole rings is 1. The topological polar surface area (TPSA) is 72.7 Å². The SMILES string of the molecule is CC(C)c1ccc(NC(=O)c2cccc(-c3nnnn3C)c2)cc1. The number of nitrogens with one attached hydrogen (secondary N) is 1. The highest BCUT2D eigenvalue weighted by atomic mass is 16.1. The summed E-state index contributed by atoms with van der Waals surface area (Å²) in [6, 6.07) is 15.1. The van der Waals surface area contributed by atoms with Gasteiger partial charge in [-0.1, -0.05) is 38.1 Å². The van der Waals surface area contributed by atoms with Crippen molar-refractivity contribution in [3.8, 4) is 11.4 Å². The van der Waals surface area contributed by atoms with Gasteiger partial charge < -0.3 is 5.32 Å². The molecule has 0 aliphatic rings. The summed E-state index contributed by atoms with van der Waals surface area (Å²) >= 11 is 0. The van der Waals surface area contributed by atoms with Crippen LogP contribution in [0.4, 0.5) is 5.69 Å². The van der Waals surface area contributed by atoms with E-state index in [1.54, 1.807) is 23.9 Å². The number of carbonyl (C=O) groups excluding carboxylic acids is 1. The Morgan fingerprint density at radius 3 is 2.50 bits per heavy atom. The van der Waals surface area contributed by atoms with E-state index in [9.17, 15) is 4.79 Å². The smallest absolute Gasteiger partial charge is 0.255 e. The summed E-state index contributed by atoms with van der Waals surface area (Å²) in [5.41, 5.74) is 3.37. The largest absolute Gasteiger partial charge is 0.322 e. The molecule has 1 N–H and O–H groups in total. The number of rotatable bonds is 4. The summed E-state index contributed by atoms with van der Waals surface area (Å²) in [4.78, 5) is 12.5. The molecule has 0 fully saturated rings. The molecule has 0 spiro atoms. The van der Waals surface area contributed by atoms with Crippen LogP contribution in [0.3, 0.4) is 0 Å². The van der Waals surface area contributed by atoms with E-state index in [0.29, 0.717) is 17.3 Å². The van der Waals surface area contributed by atoms with Crippen LogP contribution in [0.5, 0.6) is 0 Å². The molecule has 122 valence electrons. The van der Waals surface area contributed by atoms with Gasteiger partial charge in [0.25, 0.3) is 5.91 Å². The van der Waals surface area contributed by atoms with Crippen LogP contribution in [0.15, 0.2) is 48.5 Å². The minimum atomic E-state index is -0.163. The zero-order chi connectivity index (χ0) is 17.1. The van der Waals surface area contributed by atoms with Crippen molar-refractivity contribution >= 4 is 11.6 Å². The van der Waals surface area contributed by atoms with Gasteiger partial charge in [0.05, 0.1) is 0 Å². The molecule has 0 aliphatic carbocycles. The van der Waals surface area contributed by atoms with Crippen molar-refractivity contribution in [3.05, 3.63) is 59.7 Å². The summed E-state index contributed by atoms with van der Waals surface area (Å²) in [7, 11) is 1.76. The lowest BCUT2D eigenvalue weighted by atomic mass is 10.0. The molecule has 1 aromatic heterocycles. The monoisotopic (exact) mass is 321 g/mol. The quantitative estimate of drug-likeness (QED) is 0.800. The van der Waals surface area contributed by atoms with Crippen LogP contribution in [0, 0.1) is 0 Å². The summed E-state index contributed by atoms with van der Waals surface area (Å²) < 4.78 is 1.57. The van der Waals surface area contributed by atoms with Crippen LogP contribution in [0.1, 0.15) is 35.7 Å². The molecule has 0 atom stereocenters. The maximum Gasteiger partial charge on any atom is 0.255 e. The summed E-state index contributed by atoms with van der Waals surface area (Å²) in [5, 5.41) is 14.3. The molecule has 1 amide bonds. The second kappa shape index (κ2) is 6.62. The second-order valence-corrected chi connectivity index (χ2v) is 5.94. The van der Waals surface area contributed by atoms with Crippen molar-refractivity contribution in [2.24, 2.45) is 7.05 Å². The van der Waals surface area contributed by atoms with E-state index >= 15 is 0 Å². The van der Waals surface area contributed by atoms with Crippen molar-refractivity contribution < 1.29 is 4.79 Å². The van der Waals surface area contributed by atoms with E-state index in [2.05, 4.69) is 34.7 Å². The first-order valence-corrected chi connectivity index (χ1v) is 7.78. The molecule has 3 aromatic rings. The Hall–Kier alpha value is -3.02. The van der Waals surface area contributed by atoms with Gasteiger partial charge in [0.15, 0.2) is 5.82 Å². The van der Waals surface area contributed by atoms with E-state index < -0.39 is 0 Å². The fourth-order valence-corrected chi connectivity index (χ4v) is 2.43. The lowest BCUT2D eigenvalue weighted by Gasteiger charge is -2.09. The molecule has 6 nitrogen and oxygen atoms in total. The zero-order valence-electron chi connectivity index (χ0n) is 13.9. The highest BCUT2D eigenvalue weighted by Gasteiger charge is 2.11. The molecule has 0 radical (unpaired) electrons. The molecule has 2 aromatic carbocycles. The van der Waals surface area contributed by atoms with Crippen LogP contribution in [0.25, 0.3) is 11.4 Å². The predicted molar refractivity (Wildman–Crippen MR) is 92.7 cm³/mol. The van der Waals surface area contributed by atoms with E-state index in [0.717, 1.165) is 11.3 Å². The number of amides is 1. The normalized spacial score (nSPS) is 10.8. The third kappa shape index (κ3) is 3.32. The maximum atomic E-state index is 12.5. The standard InChI is InChI=1S/C18H19N5O/c1-12(2)13-7-9-16(10-8-13)19-18(24)15-6-4-5-14(11-15)17-20-21-22-23(17)3/h4-12H,1-3H3,(H,19,24). The lowest BCUT2D eigenvalue weighted by molar-refractivity contribution is 0.102. The van der Waals surface area contributed by atoms with Gasteiger partial charge in [-0.2, -0.15) is 0 Å². The Morgan fingerprint density at radius 1 is 1.12 bits per heavy atom. The van der Waals surface area contributed by atoms with Crippen molar-refractivity contribution in [1.29, 1.82) is 0 Å². The van der Waals surface area contributed by atoms with Gasteiger partial charge in [0.1, 0.15) is 0 Å². The van der Waals surface area contributed by atoms with Gasteiger partial charge >= 0.3 is 0 Å². The summed E-state index contributed by atoms with van der Waals surface area (Å²) in [5.74, 6) is 0.918. The van der Waals surface area contributed by atoms with Crippen LogP contribution in [-0.4, -0.2) is 26.1 Å². The van der Waals surface area contributed by atoms with Crippen molar-refractivity contribution in [1.82, 2.24) is 20.2 Å². The summed E-state index contributed by atoms with van der Waals surface area (Å²) in [6.45, 7) is 4.28. The third-order valence-electron chi connectivity index (χ3n) is 3.84. The minimum absolute atomic E-state index is 0.163. The Balaban J connectivity index is 1.79. The van der Waals surface area contributed by atoms with Crippen molar-refractivity contribution in [2.75, 3.05) is 5.32 Å². The number of aryl methyl sites for hydroxylation is 1. The number of nitrogens with zero attached hydrogens (tertiary/aromatic N) is 4. The number of hydrogen-bond acceptors (Lipinski definition) is 4. The van der Waals surface area contributed by atoms with Gasteiger partial charge in [0.2, 0.25) is 0 Å². The average Bonchev–Trinajstić information content (AvgIpc) is 3.01. The van der Waals surface area contributed by atoms with Gasteiger partial charge in [-0.25, -0.2) is 4.68 Å². The molecule has 0 saturated heterocycles. The molecule has 0 aliphatic heterocycles. The molecule has 24 heavy (non-hydrogen) atoms. The van der Waals surface area contributed by atoms with Gasteiger partial charge in [-0.05, 0) is 46.2 Å². The second-order valence-electron chi connectivity index (χ2n) is 5.94. The minimum Gasteiger partial charge on any atom is -0.322 e. The van der Waals surface area contributed by atoms with Gasteiger partial charge in [-0.15, -0.1) is 5.10 Å². The molecular formula is C18H19N5O. The summed E-state index contributed by atoms with van der Waals surface area (Å²) in [6.07, 6.45) is 0. The predicted octanol–water partition coefficient (Wildman–Crippen LogP) is 3.25. The van der Waals surface area contributed by atoms with E-state index in [1.165, 1.54) is 5.56 Å². The van der Waals surface area contributed by atoms with Crippen molar-refractivity contribution in [2.45, 2.75) is 19.8 Å². The molecular weight excluding hydrogens is 302 g/mol. The first-order valence-electron chi connectivity index (χ1n) is 7.78. The Labute approximate surface area is 140 Å². The van der Waals surface area contributed by atoms with Gasteiger partial charge in [0, 0.05) is 23.9 Å². The maximum absolute atomic E-state index is 12.5. The molecule has 0 unspecified atom stereocenters. The molecule has 6 heteroatoms. The Bertz CT molecular complexity index is 852. The first-order chi connectivity index (χ1) is 11.5. The lowest BCUT2D eigenvalue weighted by Crippen LogP contribution is -2.12. The molecule has 0 saturated carbocycles. The molecule has 3 rings (SSSR count). The molecule has 1 heterocycles.